The molecule has 0 aromatic carbocycles. The van der Waals surface area contributed by atoms with E-state index >= 15 is 0 Å². The number of carboxylic acid groups (broad SMARTS) is 1. The Kier molecular flexibility index (Phi) is 4.84. The van der Waals surface area contributed by atoms with Gasteiger partial charge in [-0.1, -0.05) is 6.07 Å². The first-order chi connectivity index (χ1) is 9.87. The quantitative estimate of drug-likeness (QED) is 0.818. The van der Waals surface area contributed by atoms with Crippen LogP contribution >= 0.6 is 11.3 Å². The summed E-state index contributed by atoms with van der Waals surface area (Å²) in [7, 11) is -3.18. The topological polar surface area (TPSA) is 104 Å². The second kappa shape index (κ2) is 6.44. The van der Waals surface area contributed by atoms with Crippen LogP contribution in [0.25, 0.3) is 0 Å². The summed E-state index contributed by atoms with van der Waals surface area (Å²) in [4.78, 5) is 25.1. The molecule has 21 heavy (non-hydrogen) atoms. The number of urea groups is 1. The third-order valence-electron chi connectivity index (χ3n) is 3.21. The van der Waals surface area contributed by atoms with Gasteiger partial charge in [-0.25, -0.2) is 13.2 Å². The molecule has 0 spiro atoms. The van der Waals surface area contributed by atoms with Crippen LogP contribution < -0.4 is 5.32 Å². The number of carboxylic acids is 1. The first-order valence-corrected chi connectivity index (χ1v) is 9.06. The van der Waals surface area contributed by atoms with Gasteiger partial charge in [0.2, 0.25) is 0 Å². The monoisotopic (exact) mass is 332 g/mol. The number of nitrogens with one attached hydrogen (secondary N) is 1. The van der Waals surface area contributed by atoms with Crippen LogP contribution in [0.1, 0.15) is 11.3 Å². The molecule has 2 heterocycles. The molecule has 0 radical (unpaired) electrons. The highest BCUT2D eigenvalue weighted by Gasteiger charge is 2.35. The summed E-state index contributed by atoms with van der Waals surface area (Å²) in [6, 6.07) is 2.58. The molecule has 1 fully saturated rings. The second-order valence-electron chi connectivity index (χ2n) is 4.82. The first kappa shape index (κ1) is 15.8. The van der Waals surface area contributed by atoms with E-state index in [9.17, 15) is 18.0 Å². The number of rotatable bonds is 5. The summed E-state index contributed by atoms with van der Waals surface area (Å²) in [6.45, 7) is -0.206. The van der Waals surface area contributed by atoms with Crippen molar-refractivity contribution in [3.8, 4) is 0 Å². The zero-order chi connectivity index (χ0) is 15.5. The minimum atomic E-state index is -3.18. The van der Waals surface area contributed by atoms with E-state index in [4.69, 9.17) is 5.11 Å². The van der Waals surface area contributed by atoms with Crippen LogP contribution in [0.2, 0.25) is 0 Å². The molecule has 9 heteroatoms. The third kappa shape index (κ3) is 4.43. The predicted octanol–water partition coefficient (Wildman–Crippen LogP) is 0.531. The highest BCUT2D eigenvalue weighted by atomic mass is 32.2. The largest absolute Gasteiger partial charge is 0.480 e. The lowest BCUT2D eigenvalue weighted by Crippen LogP contribution is -2.48. The molecule has 1 aromatic rings. The molecule has 1 unspecified atom stereocenters. The fourth-order valence-corrected chi connectivity index (χ4v) is 4.59. The van der Waals surface area contributed by atoms with E-state index in [0.717, 1.165) is 9.78 Å². The fraction of sp³-hybridized carbons (Fsp3) is 0.500. The van der Waals surface area contributed by atoms with E-state index in [1.54, 1.807) is 0 Å². The molecule has 0 aliphatic carbocycles. The van der Waals surface area contributed by atoms with E-state index in [2.05, 4.69) is 5.32 Å². The maximum atomic E-state index is 12.1. The van der Waals surface area contributed by atoms with E-state index < -0.39 is 34.4 Å². The van der Waals surface area contributed by atoms with Crippen LogP contribution in [0.4, 0.5) is 4.79 Å². The summed E-state index contributed by atoms with van der Waals surface area (Å²) in [6.07, 6.45) is 0.280. The SMILES string of the molecule is O=C(O)CN(C(=O)NCc1cccs1)C1CCS(=O)(=O)C1. The zero-order valence-electron chi connectivity index (χ0n) is 11.2. The van der Waals surface area contributed by atoms with E-state index in [0.29, 0.717) is 6.54 Å². The van der Waals surface area contributed by atoms with Gasteiger partial charge in [0.05, 0.1) is 18.1 Å². The number of carbonyl (C=O) groups excluding carboxylic acids is 1. The van der Waals surface area contributed by atoms with Crippen molar-refractivity contribution in [2.75, 3.05) is 18.1 Å². The van der Waals surface area contributed by atoms with Gasteiger partial charge < -0.3 is 15.3 Å². The molecule has 2 N–H and O–H groups in total. The Morgan fingerprint density at radius 2 is 2.24 bits per heavy atom. The smallest absolute Gasteiger partial charge is 0.323 e. The maximum Gasteiger partial charge on any atom is 0.323 e. The van der Waals surface area contributed by atoms with Gasteiger partial charge in [0.15, 0.2) is 9.84 Å². The Balaban J connectivity index is 2.01. The summed E-state index contributed by atoms with van der Waals surface area (Å²) in [5, 5.41) is 13.4. The number of amides is 2. The highest BCUT2D eigenvalue weighted by molar-refractivity contribution is 7.91. The normalized spacial score (nSPS) is 20.1. The number of thiophene rings is 1. The van der Waals surface area contributed by atoms with Gasteiger partial charge in [0, 0.05) is 10.9 Å². The average molecular weight is 332 g/mol. The van der Waals surface area contributed by atoms with Gasteiger partial charge in [-0.05, 0) is 17.9 Å². The van der Waals surface area contributed by atoms with Gasteiger partial charge in [-0.15, -0.1) is 11.3 Å². The van der Waals surface area contributed by atoms with Crippen LogP contribution in [0.15, 0.2) is 17.5 Å². The summed E-state index contributed by atoms with van der Waals surface area (Å²) in [5.74, 6) is -1.34. The summed E-state index contributed by atoms with van der Waals surface area (Å²) in [5.41, 5.74) is 0. The lowest BCUT2D eigenvalue weighted by atomic mass is 10.2. The number of nitrogens with zero attached hydrogens (tertiary/aromatic N) is 1. The molecule has 0 bridgehead atoms. The van der Waals surface area contributed by atoms with Crippen molar-refractivity contribution in [3.05, 3.63) is 22.4 Å². The Morgan fingerprint density at radius 1 is 1.48 bits per heavy atom. The maximum absolute atomic E-state index is 12.1. The fourth-order valence-electron chi connectivity index (χ4n) is 2.21. The van der Waals surface area contributed by atoms with Crippen LogP contribution in [-0.4, -0.2) is 54.5 Å². The van der Waals surface area contributed by atoms with Crippen molar-refractivity contribution >= 4 is 33.2 Å². The number of aliphatic carboxylic acids is 1. The van der Waals surface area contributed by atoms with Crippen molar-refractivity contribution in [3.63, 3.8) is 0 Å². The molecule has 1 aliphatic rings. The number of carbonyl (C=O) groups is 2. The lowest BCUT2D eigenvalue weighted by Gasteiger charge is -2.26. The molecule has 2 amide bonds. The summed E-state index contributed by atoms with van der Waals surface area (Å²) < 4.78 is 23.0. The second-order valence-corrected chi connectivity index (χ2v) is 8.08. The Hall–Kier alpha value is -1.61. The molecule has 1 aromatic heterocycles. The van der Waals surface area contributed by atoms with Crippen molar-refractivity contribution < 1.29 is 23.1 Å². The van der Waals surface area contributed by atoms with Crippen LogP contribution in [0, 0.1) is 0 Å². The molecule has 1 saturated heterocycles. The summed E-state index contributed by atoms with van der Waals surface area (Å²) >= 11 is 1.48. The predicted molar refractivity (Wildman–Crippen MR) is 78.0 cm³/mol. The molecule has 2 rings (SSSR count). The zero-order valence-corrected chi connectivity index (χ0v) is 12.8. The van der Waals surface area contributed by atoms with Crippen molar-refractivity contribution in [2.24, 2.45) is 0 Å². The minimum Gasteiger partial charge on any atom is -0.480 e. The molecule has 1 aliphatic heterocycles. The van der Waals surface area contributed by atoms with Gasteiger partial charge in [0.1, 0.15) is 6.54 Å². The Bertz CT molecular complexity index is 612. The average Bonchev–Trinajstić information content (AvgIpc) is 3.02. The first-order valence-electron chi connectivity index (χ1n) is 6.36. The Morgan fingerprint density at radius 3 is 2.76 bits per heavy atom. The van der Waals surface area contributed by atoms with E-state index in [-0.39, 0.29) is 17.9 Å². The van der Waals surface area contributed by atoms with E-state index in [1.165, 1.54) is 11.3 Å². The van der Waals surface area contributed by atoms with Crippen molar-refractivity contribution in [1.82, 2.24) is 10.2 Å². The Labute approximate surface area is 126 Å². The van der Waals surface area contributed by atoms with Crippen LogP contribution in [0.3, 0.4) is 0 Å². The highest BCUT2D eigenvalue weighted by Crippen LogP contribution is 2.18. The number of sulfone groups is 1. The van der Waals surface area contributed by atoms with Gasteiger partial charge in [-0.3, -0.25) is 4.79 Å². The van der Waals surface area contributed by atoms with E-state index in [1.807, 2.05) is 17.5 Å². The van der Waals surface area contributed by atoms with Crippen molar-refractivity contribution in [1.29, 1.82) is 0 Å². The lowest BCUT2D eigenvalue weighted by molar-refractivity contribution is -0.138. The van der Waals surface area contributed by atoms with Gasteiger partial charge >= 0.3 is 12.0 Å². The standard InChI is InChI=1S/C12H16N2O5S2/c15-11(16)7-14(9-3-5-21(18,19)8-9)12(17)13-6-10-2-1-4-20-10/h1-2,4,9H,3,5-8H2,(H,13,17)(H,15,16). The molecule has 1 atom stereocenters. The molecule has 116 valence electrons. The minimum absolute atomic E-state index is 0.00795. The number of hydrogen-bond acceptors (Lipinski definition) is 5. The molecule has 0 saturated carbocycles. The van der Waals surface area contributed by atoms with Crippen LogP contribution in [0.5, 0.6) is 0 Å². The molecule has 7 nitrogen and oxygen atoms in total. The molecular weight excluding hydrogens is 316 g/mol. The van der Waals surface area contributed by atoms with Gasteiger partial charge in [0.25, 0.3) is 0 Å². The van der Waals surface area contributed by atoms with Crippen LogP contribution in [-0.2, 0) is 21.2 Å². The molecular formula is C12H16N2O5S2. The number of hydrogen-bond donors (Lipinski definition) is 2. The third-order valence-corrected chi connectivity index (χ3v) is 5.84. The van der Waals surface area contributed by atoms with Crippen molar-refractivity contribution in [2.45, 2.75) is 19.0 Å². The van der Waals surface area contributed by atoms with Gasteiger partial charge in [-0.2, -0.15) is 0 Å².